The highest BCUT2D eigenvalue weighted by Gasteiger charge is 2.03. The van der Waals surface area contributed by atoms with Crippen LogP contribution in [0.1, 0.15) is 23.1 Å². The third kappa shape index (κ3) is 6.05. The summed E-state index contributed by atoms with van der Waals surface area (Å²) in [6.45, 7) is 6.23. The van der Waals surface area contributed by atoms with Crippen LogP contribution in [0.5, 0.6) is 11.5 Å². The van der Waals surface area contributed by atoms with E-state index in [-0.39, 0.29) is 0 Å². The number of hydrogen-bond acceptors (Lipinski definition) is 3. The molecule has 0 saturated carbocycles. The molecule has 0 radical (unpaired) electrons. The van der Waals surface area contributed by atoms with Gasteiger partial charge in [0, 0.05) is 18.3 Å². The van der Waals surface area contributed by atoms with Crippen LogP contribution in [-0.4, -0.2) is 19.8 Å². The predicted octanol–water partition coefficient (Wildman–Crippen LogP) is 5.81. The molecule has 3 aromatic carbocycles. The van der Waals surface area contributed by atoms with Crippen molar-refractivity contribution in [3.8, 4) is 11.5 Å². The average Bonchev–Trinajstić information content (AvgIpc) is 2.71. The molecular weight excluding hydrogens is 346 g/mol. The van der Waals surface area contributed by atoms with Crippen molar-refractivity contribution < 1.29 is 9.47 Å². The van der Waals surface area contributed by atoms with E-state index in [1.165, 1.54) is 16.7 Å². The molecule has 0 aliphatic rings. The zero-order valence-electron chi connectivity index (χ0n) is 16.8. The summed E-state index contributed by atoms with van der Waals surface area (Å²) >= 11 is 0. The Morgan fingerprint density at radius 2 is 1.50 bits per heavy atom. The topological polar surface area (TPSA) is 30.5 Å². The number of ether oxygens (including phenoxy) is 2. The number of rotatable bonds is 10. The maximum atomic E-state index is 5.95. The van der Waals surface area contributed by atoms with Gasteiger partial charge in [-0.2, -0.15) is 0 Å². The Kier molecular flexibility index (Phi) is 7.36. The van der Waals surface area contributed by atoms with Gasteiger partial charge in [-0.1, -0.05) is 54.6 Å². The molecule has 0 amide bonds. The van der Waals surface area contributed by atoms with Crippen molar-refractivity contribution in [2.75, 3.05) is 25.1 Å². The molecule has 0 heterocycles. The molecule has 0 atom stereocenters. The monoisotopic (exact) mass is 375 g/mol. The minimum Gasteiger partial charge on any atom is -0.494 e. The molecule has 0 fully saturated rings. The highest BCUT2D eigenvalue weighted by atomic mass is 16.5. The first-order chi connectivity index (χ1) is 13.7. The summed E-state index contributed by atoms with van der Waals surface area (Å²) < 4.78 is 11.9. The summed E-state index contributed by atoms with van der Waals surface area (Å²) in [5.74, 6) is 1.88. The fourth-order valence-electron chi connectivity index (χ4n) is 3.18. The van der Waals surface area contributed by atoms with Gasteiger partial charge < -0.3 is 14.8 Å². The van der Waals surface area contributed by atoms with Crippen LogP contribution in [0.2, 0.25) is 0 Å². The molecule has 1 N–H and O–H groups in total. The SMILES string of the molecule is Cc1cccc(C)c1OCCNc1cccc(OCCCc2ccccc2)c1. The molecule has 28 heavy (non-hydrogen) atoms. The second-order valence-corrected chi connectivity index (χ2v) is 6.96. The van der Waals surface area contributed by atoms with E-state index in [4.69, 9.17) is 9.47 Å². The van der Waals surface area contributed by atoms with E-state index in [0.717, 1.165) is 36.6 Å². The van der Waals surface area contributed by atoms with Crippen LogP contribution in [0.3, 0.4) is 0 Å². The van der Waals surface area contributed by atoms with Crippen LogP contribution in [0.4, 0.5) is 5.69 Å². The van der Waals surface area contributed by atoms with Crippen molar-refractivity contribution in [2.45, 2.75) is 26.7 Å². The van der Waals surface area contributed by atoms with Crippen molar-refractivity contribution in [1.29, 1.82) is 0 Å². The minimum atomic E-state index is 0.619. The lowest BCUT2D eigenvalue weighted by molar-refractivity contribution is 0.311. The Balaban J connectivity index is 1.39. The van der Waals surface area contributed by atoms with Crippen LogP contribution in [0.25, 0.3) is 0 Å². The molecule has 3 heteroatoms. The van der Waals surface area contributed by atoms with E-state index in [2.05, 4.69) is 67.7 Å². The molecule has 0 aliphatic carbocycles. The molecule has 3 rings (SSSR count). The Morgan fingerprint density at radius 1 is 0.750 bits per heavy atom. The number of aryl methyl sites for hydroxylation is 3. The summed E-state index contributed by atoms with van der Waals surface area (Å²) in [6, 6.07) is 24.8. The summed E-state index contributed by atoms with van der Waals surface area (Å²) in [4.78, 5) is 0. The Morgan fingerprint density at radius 3 is 2.29 bits per heavy atom. The van der Waals surface area contributed by atoms with E-state index < -0.39 is 0 Å². The maximum absolute atomic E-state index is 5.95. The standard InChI is InChI=1S/C25H29NO2/c1-20-9-6-10-21(2)25(20)28-18-16-26-23-14-7-15-24(19-23)27-17-8-13-22-11-4-3-5-12-22/h3-7,9-12,14-15,19,26H,8,13,16-18H2,1-2H3. The third-order valence-electron chi connectivity index (χ3n) is 4.64. The quantitative estimate of drug-likeness (QED) is 0.454. The Bertz CT molecular complexity index is 841. The van der Waals surface area contributed by atoms with Gasteiger partial charge in [0.1, 0.15) is 18.1 Å². The van der Waals surface area contributed by atoms with Gasteiger partial charge in [0.05, 0.1) is 6.61 Å². The zero-order chi connectivity index (χ0) is 19.6. The lowest BCUT2D eigenvalue weighted by atomic mass is 10.1. The predicted molar refractivity (Wildman–Crippen MR) is 117 cm³/mol. The molecule has 0 aliphatic heterocycles. The number of para-hydroxylation sites is 1. The third-order valence-corrected chi connectivity index (χ3v) is 4.64. The van der Waals surface area contributed by atoms with Gasteiger partial charge in [-0.05, 0) is 55.5 Å². The molecule has 0 unspecified atom stereocenters. The van der Waals surface area contributed by atoms with Gasteiger partial charge in [0.25, 0.3) is 0 Å². The second kappa shape index (κ2) is 10.4. The van der Waals surface area contributed by atoms with E-state index in [1.54, 1.807) is 0 Å². The van der Waals surface area contributed by atoms with E-state index in [9.17, 15) is 0 Å². The van der Waals surface area contributed by atoms with Gasteiger partial charge in [-0.25, -0.2) is 0 Å². The average molecular weight is 376 g/mol. The maximum Gasteiger partial charge on any atom is 0.125 e. The minimum absolute atomic E-state index is 0.619. The summed E-state index contributed by atoms with van der Waals surface area (Å²) in [5.41, 5.74) is 4.74. The first-order valence-corrected chi connectivity index (χ1v) is 9.92. The molecule has 3 aromatic rings. The lowest BCUT2D eigenvalue weighted by Crippen LogP contribution is -2.12. The molecular formula is C25H29NO2. The highest BCUT2D eigenvalue weighted by Crippen LogP contribution is 2.22. The van der Waals surface area contributed by atoms with Gasteiger partial charge >= 0.3 is 0 Å². The summed E-state index contributed by atoms with van der Waals surface area (Å²) in [5, 5.41) is 3.41. The Labute approximate surface area is 168 Å². The van der Waals surface area contributed by atoms with Gasteiger partial charge in [-0.3, -0.25) is 0 Å². The molecule has 3 nitrogen and oxygen atoms in total. The van der Waals surface area contributed by atoms with Crippen LogP contribution >= 0.6 is 0 Å². The normalized spacial score (nSPS) is 10.5. The highest BCUT2D eigenvalue weighted by molar-refractivity contribution is 5.48. The van der Waals surface area contributed by atoms with Crippen LogP contribution in [0, 0.1) is 13.8 Å². The fourth-order valence-corrected chi connectivity index (χ4v) is 3.18. The van der Waals surface area contributed by atoms with Gasteiger partial charge in [0.15, 0.2) is 0 Å². The van der Waals surface area contributed by atoms with Gasteiger partial charge in [-0.15, -0.1) is 0 Å². The van der Waals surface area contributed by atoms with E-state index in [1.807, 2.05) is 24.3 Å². The van der Waals surface area contributed by atoms with Crippen molar-refractivity contribution in [2.24, 2.45) is 0 Å². The van der Waals surface area contributed by atoms with Gasteiger partial charge in [0.2, 0.25) is 0 Å². The summed E-state index contributed by atoms with van der Waals surface area (Å²) in [7, 11) is 0. The second-order valence-electron chi connectivity index (χ2n) is 6.96. The molecule has 146 valence electrons. The largest absolute Gasteiger partial charge is 0.494 e. The number of anilines is 1. The lowest BCUT2D eigenvalue weighted by Gasteiger charge is -2.13. The zero-order valence-corrected chi connectivity index (χ0v) is 16.8. The van der Waals surface area contributed by atoms with Crippen molar-refractivity contribution in [1.82, 2.24) is 0 Å². The molecule has 0 saturated heterocycles. The number of hydrogen-bond donors (Lipinski definition) is 1. The van der Waals surface area contributed by atoms with Crippen molar-refractivity contribution in [3.05, 3.63) is 89.5 Å². The molecule has 0 spiro atoms. The van der Waals surface area contributed by atoms with E-state index in [0.29, 0.717) is 13.2 Å². The first kappa shape index (κ1) is 19.8. The molecule has 0 bridgehead atoms. The number of nitrogens with one attached hydrogen (secondary N) is 1. The fraction of sp³-hybridized carbons (Fsp3) is 0.280. The first-order valence-electron chi connectivity index (χ1n) is 9.92. The molecule has 0 aromatic heterocycles. The van der Waals surface area contributed by atoms with Crippen molar-refractivity contribution in [3.63, 3.8) is 0 Å². The number of benzene rings is 3. The van der Waals surface area contributed by atoms with Crippen molar-refractivity contribution >= 4 is 5.69 Å². The smallest absolute Gasteiger partial charge is 0.125 e. The Hall–Kier alpha value is -2.94. The van der Waals surface area contributed by atoms with Crippen LogP contribution in [-0.2, 0) is 6.42 Å². The summed E-state index contributed by atoms with van der Waals surface area (Å²) in [6.07, 6.45) is 2.04. The van der Waals surface area contributed by atoms with Crippen LogP contribution in [0.15, 0.2) is 72.8 Å². The van der Waals surface area contributed by atoms with Crippen LogP contribution < -0.4 is 14.8 Å². The van der Waals surface area contributed by atoms with E-state index >= 15 is 0 Å².